The van der Waals surface area contributed by atoms with Crippen molar-refractivity contribution in [1.29, 1.82) is 0 Å². The van der Waals surface area contributed by atoms with Gasteiger partial charge < -0.3 is 4.74 Å². The number of hydrogen-bond donors (Lipinski definition) is 0. The van der Waals surface area contributed by atoms with Crippen LogP contribution < -0.4 is 4.74 Å². The zero-order valence-corrected chi connectivity index (χ0v) is 16.5. The van der Waals surface area contributed by atoms with Crippen LogP contribution in [0.4, 0.5) is 4.39 Å². The molecule has 1 aliphatic carbocycles. The fourth-order valence-electron chi connectivity index (χ4n) is 4.10. The molecule has 3 rings (SSSR count). The highest BCUT2D eigenvalue weighted by Gasteiger charge is 2.37. The molecule has 0 aromatic heterocycles. The molecule has 0 aliphatic heterocycles. The summed E-state index contributed by atoms with van der Waals surface area (Å²) in [7, 11) is 1.46. The van der Waals surface area contributed by atoms with E-state index < -0.39 is 5.82 Å². The Morgan fingerprint density at radius 2 is 1.54 bits per heavy atom. The summed E-state index contributed by atoms with van der Waals surface area (Å²) in [4.78, 5) is 11.2. The van der Waals surface area contributed by atoms with Crippen LogP contribution in [0.3, 0.4) is 0 Å². The summed E-state index contributed by atoms with van der Waals surface area (Å²) in [6.45, 7) is 11.1. The Morgan fingerprint density at radius 1 is 0.962 bits per heavy atom. The van der Waals surface area contributed by atoms with Gasteiger partial charge >= 0.3 is 0 Å². The number of hydrogen-bond acceptors (Lipinski definition) is 2. The largest absolute Gasteiger partial charge is 0.493 e. The molecule has 0 atom stereocenters. The van der Waals surface area contributed by atoms with Gasteiger partial charge in [0.1, 0.15) is 6.29 Å². The minimum absolute atomic E-state index is 0.0569. The molecular formula is C23H27FO2. The van der Waals surface area contributed by atoms with E-state index >= 15 is 0 Å². The molecule has 0 N–H and O–H groups in total. The van der Waals surface area contributed by atoms with Crippen LogP contribution in [0.1, 0.15) is 67.6 Å². The van der Waals surface area contributed by atoms with Crippen molar-refractivity contribution in [3.8, 4) is 16.9 Å². The van der Waals surface area contributed by atoms with Crippen LogP contribution >= 0.6 is 0 Å². The standard InChI is InChI=1S/C23H27FO2/c1-14-9-18-19(23(4,5)8-7-22(18,2)3)12-16(14)17-10-15(13-25)11-20(24)21(17)26-6/h9-13H,7-8H2,1-6H3. The maximum absolute atomic E-state index is 14.4. The Hall–Kier alpha value is -2.16. The van der Waals surface area contributed by atoms with Gasteiger partial charge in [-0.05, 0) is 71.0 Å². The second-order valence-corrected chi connectivity index (χ2v) is 8.68. The van der Waals surface area contributed by atoms with Crippen LogP contribution in [0, 0.1) is 12.7 Å². The number of aldehydes is 1. The monoisotopic (exact) mass is 354 g/mol. The summed E-state index contributed by atoms with van der Waals surface area (Å²) in [6, 6.07) is 7.34. The van der Waals surface area contributed by atoms with Crippen LogP contribution in [0.2, 0.25) is 0 Å². The maximum Gasteiger partial charge on any atom is 0.166 e. The molecule has 2 aromatic carbocycles. The number of fused-ring (bicyclic) bond motifs is 1. The van der Waals surface area contributed by atoms with Gasteiger partial charge in [-0.2, -0.15) is 0 Å². The van der Waals surface area contributed by atoms with Gasteiger partial charge in [0.05, 0.1) is 7.11 Å². The lowest BCUT2D eigenvalue weighted by molar-refractivity contribution is 0.112. The molecule has 0 fully saturated rings. The van der Waals surface area contributed by atoms with E-state index in [0.29, 0.717) is 17.4 Å². The predicted molar refractivity (Wildman–Crippen MR) is 104 cm³/mol. The van der Waals surface area contributed by atoms with Crippen molar-refractivity contribution < 1.29 is 13.9 Å². The Balaban J connectivity index is 2.32. The number of methoxy groups -OCH3 is 1. The summed E-state index contributed by atoms with van der Waals surface area (Å²) in [5.74, 6) is -0.324. The molecule has 3 heteroatoms. The summed E-state index contributed by atoms with van der Waals surface area (Å²) in [5.41, 5.74) is 5.78. The van der Waals surface area contributed by atoms with Gasteiger partial charge in [-0.15, -0.1) is 0 Å². The Kier molecular flexibility index (Phi) is 4.46. The lowest BCUT2D eigenvalue weighted by atomic mass is 9.62. The van der Waals surface area contributed by atoms with Crippen molar-refractivity contribution in [3.05, 3.63) is 52.3 Å². The Bertz CT molecular complexity index is 878. The van der Waals surface area contributed by atoms with Crippen LogP contribution in [-0.4, -0.2) is 13.4 Å². The smallest absolute Gasteiger partial charge is 0.166 e. The van der Waals surface area contributed by atoms with Crippen molar-refractivity contribution in [2.45, 2.75) is 58.3 Å². The van der Waals surface area contributed by atoms with Gasteiger partial charge in [0.15, 0.2) is 11.6 Å². The van der Waals surface area contributed by atoms with E-state index in [1.165, 1.54) is 24.3 Å². The SMILES string of the molecule is COc1c(F)cc(C=O)cc1-c1cc2c(cc1C)C(C)(C)CCC2(C)C. The molecule has 0 amide bonds. The average Bonchev–Trinajstić information content (AvgIpc) is 2.58. The van der Waals surface area contributed by atoms with E-state index in [4.69, 9.17) is 4.74 Å². The van der Waals surface area contributed by atoms with Crippen LogP contribution in [0.5, 0.6) is 5.75 Å². The molecule has 0 bridgehead atoms. The average molecular weight is 354 g/mol. The third-order valence-corrected chi connectivity index (χ3v) is 5.89. The number of carbonyl (C=O) groups is 1. The minimum Gasteiger partial charge on any atom is -0.493 e. The Morgan fingerprint density at radius 3 is 2.08 bits per heavy atom. The molecule has 0 saturated carbocycles. The third-order valence-electron chi connectivity index (χ3n) is 5.89. The van der Waals surface area contributed by atoms with Gasteiger partial charge in [-0.25, -0.2) is 4.39 Å². The lowest BCUT2D eigenvalue weighted by Gasteiger charge is -2.42. The topological polar surface area (TPSA) is 26.3 Å². The van der Waals surface area contributed by atoms with Crippen molar-refractivity contribution in [1.82, 2.24) is 0 Å². The second-order valence-electron chi connectivity index (χ2n) is 8.68. The predicted octanol–water partition coefficient (Wildman–Crippen LogP) is 5.97. The first-order valence-corrected chi connectivity index (χ1v) is 9.09. The van der Waals surface area contributed by atoms with Gasteiger partial charge in [-0.3, -0.25) is 4.79 Å². The van der Waals surface area contributed by atoms with Crippen LogP contribution in [-0.2, 0) is 10.8 Å². The van der Waals surface area contributed by atoms with Crippen molar-refractivity contribution in [3.63, 3.8) is 0 Å². The third kappa shape index (κ3) is 2.94. The quantitative estimate of drug-likeness (QED) is 0.635. The molecule has 0 radical (unpaired) electrons. The summed E-state index contributed by atoms with van der Waals surface area (Å²) in [5, 5.41) is 0. The number of aryl methyl sites for hydroxylation is 1. The van der Waals surface area contributed by atoms with E-state index in [2.05, 4.69) is 39.8 Å². The first kappa shape index (κ1) is 18.6. The summed E-state index contributed by atoms with van der Waals surface area (Å²) >= 11 is 0. The highest BCUT2D eigenvalue weighted by molar-refractivity contribution is 5.83. The zero-order valence-electron chi connectivity index (χ0n) is 16.5. The zero-order chi connectivity index (χ0) is 19.3. The highest BCUT2D eigenvalue weighted by Crippen LogP contribution is 2.48. The van der Waals surface area contributed by atoms with E-state index in [-0.39, 0.29) is 16.6 Å². The minimum atomic E-state index is -0.510. The van der Waals surface area contributed by atoms with Gasteiger partial charge in [0, 0.05) is 11.1 Å². The van der Waals surface area contributed by atoms with Crippen molar-refractivity contribution >= 4 is 6.29 Å². The number of carbonyl (C=O) groups excluding carboxylic acids is 1. The molecule has 2 aromatic rings. The lowest BCUT2D eigenvalue weighted by Crippen LogP contribution is -2.34. The van der Waals surface area contributed by atoms with Crippen molar-refractivity contribution in [2.24, 2.45) is 0 Å². The summed E-state index contributed by atoms with van der Waals surface area (Å²) < 4.78 is 19.8. The molecule has 1 aliphatic rings. The van der Waals surface area contributed by atoms with E-state index in [9.17, 15) is 9.18 Å². The summed E-state index contributed by atoms with van der Waals surface area (Å²) in [6.07, 6.45) is 2.92. The highest BCUT2D eigenvalue weighted by atomic mass is 19.1. The van der Waals surface area contributed by atoms with Gasteiger partial charge in [0.2, 0.25) is 0 Å². The maximum atomic E-state index is 14.4. The van der Waals surface area contributed by atoms with Crippen LogP contribution in [0.15, 0.2) is 24.3 Å². The molecule has 26 heavy (non-hydrogen) atoms. The molecule has 0 unspecified atom stereocenters. The number of halogens is 1. The first-order valence-electron chi connectivity index (χ1n) is 9.09. The number of rotatable bonds is 3. The first-order chi connectivity index (χ1) is 12.1. The second kappa shape index (κ2) is 6.22. The number of ether oxygens (including phenoxy) is 1. The van der Waals surface area contributed by atoms with E-state index in [1.807, 2.05) is 6.92 Å². The van der Waals surface area contributed by atoms with Crippen molar-refractivity contribution in [2.75, 3.05) is 7.11 Å². The Labute approximate surface area is 155 Å². The molecule has 0 spiro atoms. The van der Waals surface area contributed by atoms with Gasteiger partial charge in [0.25, 0.3) is 0 Å². The molecule has 0 heterocycles. The number of benzene rings is 2. The van der Waals surface area contributed by atoms with E-state index in [0.717, 1.165) is 24.0 Å². The normalized spacial score (nSPS) is 17.5. The molecular weight excluding hydrogens is 327 g/mol. The fraction of sp³-hybridized carbons (Fsp3) is 0.435. The van der Waals surface area contributed by atoms with E-state index in [1.54, 1.807) is 6.07 Å². The van der Waals surface area contributed by atoms with Crippen LogP contribution in [0.25, 0.3) is 11.1 Å². The molecule has 138 valence electrons. The van der Waals surface area contributed by atoms with Gasteiger partial charge in [-0.1, -0.05) is 33.8 Å². The fourth-order valence-corrected chi connectivity index (χ4v) is 4.10. The molecule has 0 saturated heterocycles. The molecule has 2 nitrogen and oxygen atoms in total.